The number of benzene rings is 1. The summed E-state index contributed by atoms with van der Waals surface area (Å²) in [7, 11) is 0. The van der Waals surface area contributed by atoms with Gasteiger partial charge in [-0.15, -0.1) is 11.6 Å². The van der Waals surface area contributed by atoms with Crippen molar-refractivity contribution in [2.75, 3.05) is 0 Å². The number of halogens is 2. The Balaban J connectivity index is 2.11. The highest BCUT2D eigenvalue weighted by Gasteiger charge is 2.23. The van der Waals surface area contributed by atoms with E-state index in [0.717, 1.165) is 21.9 Å². The molecule has 3 rings (SSSR count). The van der Waals surface area contributed by atoms with Crippen LogP contribution in [-0.2, 0) is 0 Å². The molecule has 1 aliphatic carbocycles. The number of aromatic nitrogens is 2. The van der Waals surface area contributed by atoms with E-state index in [1.54, 1.807) is 0 Å². The molecule has 1 aromatic heterocycles. The molecule has 1 fully saturated rings. The molecule has 1 atom stereocenters. The molecule has 2 aromatic rings. The zero-order valence-corrected chi connectivity index (χ0v) is 14.0. The number of fused-ring (bicyclic) bond motifs is 1. The van der Waals surface area contributed by atoms with Gasteiger partial charge in [0, 0.05) is 6.04 Å². The first-order chi connectivity index (χ1) is 10.2. The molecule has 1 heterocycles. The number of hydrogen-bond acceptors (Lipinski definition) is 1. The molecule has 0 aliphatic heterocycles. The number of para-hydroxylation sites is 1. The summed E-state index contributed by atoms with van der Waals surface area (Å²) in [5, 5.41) is 0.685. The molecule has 0 bridgehead atoms. The molecule has 0 amide bonds. The number of nitrogens with zero attached hydrogens (tertiary/aromatic N) is 2. The molecule has 114 valence electrons. The van der Waals surface area contributed by atoms with Crippen molar-refractivity contribution in [1.29, 1.82) is 0 Å². The summed E-state index contributed by atoms with van der Waals surface area (Å²) in [6.07, 6.45) is 9.01. The van der Waals surface area contributed by atoms with Gasteiger partial charge in [0.05, 0.1) is 21.4 Å². The summed E-state index contributed by atoms with van der Waals surface area (Å²) < 4.78 is 2.33. The van der Waals surface area contributed by atoms with Crippen molar-refractivity contribution >= 4 is 34.2 Å². The number of rotatable bonds is 2. The van der Waals surface area contributed by atoms with Crippen LogP contribution in [0.1, 0.15) is 69.1 Å². The van der Waals surface area contributed by atoms with E-state index in [2.05, 4.69) is 4.57 Å². The lowest BCUT2D eigenvalue weighted by atomic mass is 9.96. The third-order valence-corrected chi connectivity index (χ3v) is 4.98. The Hall–Kier alpha value is -0.730. The first-order valence-corrected chi connectivity index (χ1v) is 8.80. The van der Waals surface area contributed by atoms with Gasteiger partial charge in [0.2, 0.25) is 0 Å². The Kier molecular flexibility index (Phi) is 4.75. The maximum absolute atomic E-state index is 6.47. The predicted molar refractivity (Wildman–Crippen MR) is 90.4 cm³/mol. The topological polar surface area (TPSA) is 17.8 Å². The van der Waals surface area contributed by atoms with Crippen molar-refractivity contribution in [1.82, 2.24) is 9.55 Å². The molecule has 1 aromatic carbocycles. The van der Waals surface area contributed by atoms with Gasteiger partial charge in [0.1, 0.15) is 5.82 Å². The van der Waals surface area contributed by atoms with Crippen LogP contribution >= 0.6 is 23.2 Å². The summed E-state index contributed by atoms with van der Waals surface area (Å²) in [4.78, 5) is 4.75. The lowest BCUT2D eigenvalue weighted by Crippen LogP contribution is -2.14. The van der Waals surface area contributed by atoms with Crippen LogP contribution in [0.3, 0.4) is 0 Å². The predicted octanol–water partition coefficient (Wildman–Crippen LogP) is 6.27. The Labute approximate surface area is 136 Å². The van der Waals surface area contributed by atoms with Gasteiger partial charge in [-0.05, 0) is 31.9 Å². The minimum atomic E-state index is -0.0982. The third kappa shape index (κ3) is 3.07. The number of hydrogen-bond donors (Lipinski definition) is 0. The molecule has 1 unspecified atom stereocenters. The lowest BCUT2D eigenvalue weighted by molar-refractivity contribution is 0.371. The van der Waals surface area contributed by atoms with Crippen LogP contribution < -0.4 is 0 Å². The fourth-order valence-electron chi connectivity index (χ4n) is 3.47. The second kappa shape index (κ2) is 6.58. The van der Waals surface area contributed by atoms with Gasteiger partial charge in [-0.1, -0.05) is 49.8 Å². The maximum Gasteiger partial charge on any atom is 0.128 e. The second-order valence-corrected chi connectivity index (χ2v) is 7.12. The van der Waals surface area contributed by atoms with E-state index in [1.807, 2.05) is 25.1 Å². The summed E-state index contributed by atoms with van der Waals surface area (Å²) in [5.74, 6) is 0.963. The summed E-state index contributed by atoms with van der Waals surface area (Å²) in [5.41, 5.74) is 2.03. The van der Waals surface area contributed by atoms with Gasteiger partial charge in [0.15, 0.2) is 0 Å². The molecule has 1 saturated carbocycles. The van der Waals surface area contributed by atoms with Gasteiger partial charge in [0.25, 0.3) is 0 Å². The molecule has 0 radical (unpaired) electrons. The zero-order chi connectivity index (χ0) is 14.8. The molecule has 2 nitrogen and oxygen atoms in total. The van der Waals surface area contributed by atoms with Gasteiger partial charge in [-0.25, -0.2) is 4.98 Å². The van der Waals surface area contributed by atoms with Gasteiger partial charge < -0.3 is 4.57 Å². The largest absolute Gasteiger partial charge is 0.322 e. The van der Waals surface area contributed by atoms with Gasteiger partial charge >= 0.3 is 0 Å². The Bertz CT molecular complexity index is 611. The molecule has 0 N–H and O–H groups in total. The van der Waals surface area contributed by atoms with Crippen molar-refractivity contribution in [3.63, 3.8) is 0 Å². The SMILES string of the molecule is CC(Cl)c1nc2cccc(Cl)c2n1C1CCCCCCC1. The summed E-state index contributed by atoms with van der Waals surface area (Å²) in [6, 6.07) is 6.42. The van der Waals surface area contributed by atoms with Crippen molar-refractivity contribution in [2.24, 2.45) is 0 Å². The van der Waals surface area contributed by atoms with Crippen molar-refractivity contribution in [2.45, 2.75) is 63.3 Å². The van der Waals surface area contributed by atoms with E-state index in [9.17, 15) is 0 Å². The quantitative estimate of drug-likeness (QED) is 0.595. The highest BCUT2D eigenvalue weighted by Crippen LogP contribution is 2.36. The van der Waals surface area contributed by atoms with Crippen LogP contribution in [0.15, 0.2) is 18.2 Å². The minimum Gasteiger partial charge on any atom is -0.322 e. The second-order valence-electron chi connectivity index (χ2n) is 6.06. The Morgan fingerprint density at radius 2 is 1.81 bits per heavy atom. The average Bonchev–Trinajstić information content (AvgIpc) is 2.79. The minimum absolute atomic E-state index is 0.0982. The van der Waals surface area contributed by atoms with Gasteiger partial charge in [-0.3, -0.25) is 0 Å². The van der Waals surface area contributed by atoms with Crippen LogP contribution in [0, 0.1) is 0 Å². The highest BCUT2D eigenvalue weighted by atomic mass is 35.5. The molecule has 0 spiro atoms. The average molecular weight is 325 g/mol. The number of imidazole rings is 1. The van der Waals surface area contributed by atoms with Crippen LogP contribution in [0.5, 0.6) is 0 Å². The van der Waals surface area contributed by atoms with Crippen molar-refractivity contribution in [3.8, 4) is 0 Å². The molecule has 0 saturated heterocycles. The first kappa shape index (κ1) is 15.2. The molecule has 4 heteroatoms. The van der Waals surface area contributed by atoms with E-state index in [1.165, 1.54) is 44.9 Å². The summed E-state index contributed by atoms with van der Waals surface area (Å²) >= 11 is 12.9. The van der Waals surface area contributed by atoms with Crippen LogP contribution in [0.2, 0.25) is 5.02 Å². The lowest BCUT2D eigenvalue weighted by Gasteiger charge is -2.24. The van der Waals surface area contributed by atoms with E-state index in [0.29, 0.717) is 6.04 Å². The van der Waals surface area contributed by atoms with E-state index in [4.69, 9.17) is 28.2 Å². The van der Waals surface area contributed by atoms with Crippen LogP contribution in [0.4, 0.5) is 0 Å². The first-order valence-electron chi connectivity index (χ1n) is 7.99. The smallest absolute Gasteiger partial charge is 0.128 e. The van der Waals surface area contributed by atoms with Crippen LogP contribution in [-0.4, -0.2) is 9.55 Å². The fourth-order valence-corrected chi connectivity index (χ4v) is 3.88. The van der Waals surface area contributed by atoms with Crippen molar-refractivity contribution < 1.29 is 0 Å². The molecular weight excluding hydrogens is 303 g/mol. The number of alkyl halides is 1. The van der Waals surface area contributed by atoms with E-state index >= 15 is 0 Å². The fraction of sp³-hybridized carbons (Fsp3) is 0.588. The Morgan fingerprint density at radius 3 is 2.48 bits per heavy atom. The molecule has 21 heavy (non-hydrogen) atoms. The van der Waals surface area contributed by atoms with Crippen LogP contribution in [0.25, 0.3) is 11.0 Å². The normalized spacial score (nSPS) is 19.4. The van der Waals surface area contributed by atoms with Crippen molar-refractivity contribution in [3.05, 3.63) is 29.0 Å². The summed E-state index contributed by atoms with van der Waals surface area (Å²) in [6.45, 7) is 2.00. The Morgan fingerprint density at radius 1 is 1.14 bits per heavy atom. The standard InChI is InChI=1S/C17H22Cl2N2/c1-12(18)17-20-15-11-7-10-14(19)16(15)21(17)13-8-5-3-2-4-6-9-13/h7,10-13H,2-6,8-9H2,1H3. The molecular formula is C17H22Cl2N2. The third-order valence-electron chi connectivity index (χ3n) is 4.48. The van der Waals surface area contributed by atoms with E-state index in [-0.39, 0.29) is 5.38 Å². The monoisotopic (exact) mass is 324 g/mol. The molecule has 1 aliphatic rings. The van der Waals surface area contributed by atoms with E-state index < -0.39 is 0 Å². The maximum atomic E-state index is 6.47. The highest BCUT2D eigenvalue weighted by molar-refractivity contribution is 6.35. The van der Waals surface area contributed by atoms with Gasteiger partial charge in [-0.2, -0.15) is 0 Å². The zero-order valence-electron chi connectivity index (χ0n) is 12.5.